The Kier molecular flexibility index (Phi) is 12.4. The molecular formula is C24H25F3N4O7SSe. The molecule has 16 heteroatoms. The number of hydrogen-bond acceptors (Lipinski definition) is 7. The summed E-state index contributed by atoms with van der Waals surface area (Å²) in [5.74, 6) is -4.57. The molecule has 0 unspecified atom stereocenters. The first-order valence-electron chi connectivity index (χ1n) is 11.4. The second kappa shape index (κ2) is 15.3. The van der Waals surface area contributed by atoms with Crippen molar-refractivity contribution in [2.24, 2.45) is 5.73 Å². The minimum atomic E-state index is -4.51. The number of carbonyl (C=O) groups is 5. The maximum absolute atomic E-state index is 12.8. The molecule has 0 spiro atoms. The molecule has 0 aliphatic carbocycles. The Hall–Kier alpha value is -3.59. The summed E-state index contributed by atoms with van der Waals surface area (Å²) in [5.41, 5.74) is 4.95. The molecule has 7 N–H and O–H groups in total. The zero-order valence-corrected chi connectivity index (χ0v) is 23.1. The molecule has 2 aromatic carbocycles. The van der Waals surface area contributed by atoms with E-state index in [4.69, 9.17) is 15.9 Å². The second-order valence-electron chi connectivity index (χ2n) is 8.11. The van der Waals surface area contributed by atoms with Crippen LogP contribution in [0.1, 0.15) is 28.8 Å². The Bertz CT molecular complexity index is 1230. The van der Waals surface area contributed by atoms with Gasteiger partial charge in [0.05, 0.1) is 0 Å². The third-order valence-electron chi connectivity index (χ3n) is 5.05. The van der Waals surface area contributed by atoms with Crippen LogP contribution in [-0.4, -0.2) is 78.1 Å². The predicted molar refractivity (Wildman–Crippen MR) is 141 cm³/mol. The molecule has 0 aliphatic rings. The number of nitrogens with two attached hydrogens (primary N) is 1. The monoisotopic (exact) mass is 650 g/mol. The fraction of sp³-hybridized carbons (Fsp3) is 0.292. The van der Waals surface area contributed by atoms with E-state index in [-0.39, 0.29) is 29.8 Å². The number of carbonyl (C=O) groups excluding carboxylic acids is 3. The van der Waals surface area contributed by atoms with E-state index < -0.39 is 73.9 Å². The summed E-state index contributed by atoms with van der Waals surface area (Å²) in [7, 11) is 1.21. The van der Waals surface area contributed by atoms with Crippen molar-refractivity contribution in [3.05, 3.63) is 59.7 Å². The topological polar surface area (TPSA) is 188 Å². The molecule has 0 aromatic heterocycles. The minimum absolute atomic E-state index is 0.00294. The first kappa shape index (κ1) is 32.6. The number of benzene rings is 2. The summed E-state index contributed by atoms with van der Waals surface area (Å²) >= 11 is -0.490. The van der Waals surface area contributed by atoms with Gasteiger partial charge in [-0.3, -0.25) is 0 Å². The first-order valence-corrected chi connectivity index (χ1v) is 15.3. The van der Waals surface area contributed by atoms with Gasteiger partial charge in [0.1, 0.15) is 0 Å². The molecule has 2 rings (SSSR count). The third-order valence-corrected chi connectivity index (χ3v) is 9.29. The van der Waals surface area contributed by atoms with Gasteiger partial charge < -0.3 is 0 Å². The molecule has 40 heavy (non-hydrogen) atoms. The van der Waals surface area contributed by atoms with Crippen molar-refractivity contribution < 1.29 is 47.4 Å². The molecule has 3 amide bonds. The number of nitrogens with one attached hydrogen (secondary N) is 3. The second-order valence-corrected chi connectivity index (χ2v) is 12.3. The number of aliphatic carboxylic acids is 2. The van der Waals surface area contributed by atoms with E-state index in [1.807, 2.05) is 0 Å². The molecule has 2 atom stereocenters. The molecular weight excluding hydrogens is 624 g/mol. The van der Waals surface area contributed by atoms with Crippen molar-refractivity contribution in [2.75, 3.05) is 17.6 Å². The standard InChI is InChI=1S/C24H25F3N4O7SSe/c25-24(26,27)13-5-7-14(8-6-13)30-21(35)15-3-1-2-4-18(15)40-39-12-17(22(36)29-11-20(33)34)31-19(32)10-9-16(28)23(37)38/h1-8,16-17H,9-12,28H2,(H,29,36)(H,30,35)(H,31,32)(H,33,34)(H,37,38)/t16-,17-/m1/s1. The van der Waals surface area contributed by atoms with Crippen molar-refractivity contribution in [3.63, 3.8) is 0 Å². The average Bonchev–Trinajstić information content (AvgIpc) is 2.89. The van der Waals surface area contributed by atoms with Gasteiger partial charge in [0.25, 0.3) is 0 Å². The van der Waals surface area contributed by atoms with Crippen LogP contribution in [-0.2, 0) is 25.4 Å². The zero-order chi connectivity index (χ0) is 29.9. The van der Waals surface area contributed by atoms with E-state index in [1.54, 1.807) is 18.2 Å². The number of alkyl halides is 3. The summed E-state index contributed by atoms with van der Waals surface area (Å²) in [5, 5.41) is 24.8. The number of carboxylic acid groups (broad SMARTS) is 2. The van der Waals surface area contributed by atoms with E-state index in [9.17, 15) is 37.1 Å². The van der Waals surface area contributed by atoms with Crippen LogP contribution in [0.2, 0.25) is 0 Å². The Morgan fingerprint density at radius 3 is 2.25 bits per heavy atom. The van der Waals surface area contributed by atoms with Gasteiger partial charge >= 0.3 is 236 Å². The predicted octanol–water partition coefficient (Wildman–Crippen LogP) is 0.813. The zero-order valence-electron chi connectivity index (χ0n) is 20.6. The molecule has 2 aromatic rings. The number of rotatable bonds is 14. The number of hydrogen-bond donors (Lipinski definition) is 6. The van der Waals surface area contributed by atoms with E-state index in [0.29, 0.717) is 4.46 Å². The summed E-state index contributed by atoms with van der Waals surface area (Å²) in [6, 6.07) is 8.02. The number of halogens is 3. The summed E-state index contributed by atoms with van der Waals surface area (Å²) < 4.78 is 38.9. The van der Waals surface area contributed by atoms with Crippen LogP contribution in [0.4, 0.5) is 18.9 Å². The van der Waals surface area contributed by atoms with Crippen LogP contribution < -0.4 is 26.1 Å². The number of anilines is 1. The third kappa shape index (κ3) is 10.9. The number of amides is 3. The van der Waals surface area contributed by atoms with Gasteiger partial charge in [-0.25, -0.2) is 0 Å². The SMILES string of the molecule is N[C@H](CCC(=O)N[C@H](CS[Se]c1ccccc1C(=O)Nc1ccc(C(F)(F)F)cc1)C(=O)NCC(=O)O)C(=O)O. The van der Waals surface area contributed by atoms with Gasteiger partial charge in [-0.05, 0) is 0 Å². The molecule has 0 radical (unpaired) electrons. The van der Waals surface area contributed by atoms with Crippen LogP contribution in [0.15, 0.2) is 48.5 Å². The van der Waals surface area contributed by atoms with E-state index in [0.717, 1.165) is 24.3 Å². The normalized spacial score (nSPS) is 12.6. The van der Waals surface area contributed by atoms with Crippen LogP contribution in [0.25, 0.3) is 0 Å². The first-order chi connectivity index (χ1) is 18.8. The van der Waals surface area contributed by atoms with Crippen molar-refractivity contribution in [3.8, 4) is 0 Å². The number of carboxylic acids is 2. The molecule has 216 valence electrons. The van der Waals surface area contributed by atoms with Gasteiger partial charge in [-0.15, -0.1) is 0 Å². The van der Waals surface area contributed by atoms with Gasteiger partial charge in [-0.1, -0.05) is 0 Å². The van der Waals surface area contributed by atoms with Crippen molar-refractivity contribution in [2.45, 2.75) is 31.1 Å². The molecule has 0 heterocycles. The van der Waals surface area contributed by atoms with E-state index >= 15 is 0 Å². The van der Waals surface area contributed by atoms with Crippen LogP contribution >= 0.6 is 10.2 Å². The molecule has 0 saturated carbocycles. The fourth-order valence-electron chi connectivity index (χ4n) is 2.98. The Labute approximate surface area is 235 Å². The van der Waals surface area contributed by atoms with Gasteiger partial charge in [0.15, 0.2) is 0 Å². The summed E-state index contributed by atoms with van der Waals surface area (Å²) in [6.07, 6.45) is -4.97. The Balaban J connectivity index is 2.05. The van der Waals surface area contributed by atoms with Crippen molar-refractivity contribution >= 4 is 63.8 Å². The van der Waals surface area contributed by atoms with Gasteiger partial charge in [0.2, 0.25) is 0 Å². The van der Waals surface area contributed by atoms with Crippen molar-refractivity contribution in [1.29, 1.82) is 0 Å². The molecule has 0 bridgehead atoms. The van der Waals surface area contributed by atoms with Crippen LogP contribution in [0.5, 0.6) is 0 Å². The maximum atomic E-state index is 12.8. The van der Waals surface area contributed by atoms with E-state index in [1.165, 1.54) is 16.2 Å². The average molecular weight is 650 g/mol. The molecule has 0 fully saturated rings. The summed E-state index contributed by atoms with van der Waals surface area (Å²) in [4.78, 5) is 59.3. The van der Waals surface area contributed by atoms with Gasteiger partial charge in [0, 0.05) is 0 Å². The summed E-state index contributed by atoms with van der Waals surface area (Å²) in [6.45, 7) is -0.683. The van der Waals surface area contributed by atoms with Gasteiger partial charge in [-0.2, -0.15) is 0 Å². The Morgan fingerprint density at radius 1 is 1.00 bits per heavy atom. The van der Waals surface area contributed by atoms with E-state index in [2.05, 4.69) is 16.0 Å². The molecule has 11 nitrogen and oxygen atoms in total. The quantitative estimate of drug-likeness (QED) is 0.161. The molecule has 0 saturated heterocycles. The van der Waals surface area contributed by atoms with Crippen molar-refractivity contribution in [1.82, 2.24) is 10.6 Å². The van der Waals surface area contributed by atoms with Crippen LogP contribution in [0, 0.1) is 0 Å². The van der Waals surface area contributed by atoms with Crippen LogP contribution in [0.3, 0.4) is 0 Å². The molecule has 0 aliphatic heterocycles. The Morgan fingerprint density at radius 2 is 1.65 bits per heavy atom. The fourth-order valence-corrected chi connectivity index (χ4v) is 7.19.